The predicted octanol–water partition coefficient (Wildman–Crippen LogP) is 3.30. The van der Waals surface area contributed by atoms with E-state index < -0.39 is 29.5 Å². The summed E-state index contributed by atoms with van der Waals surface area (Å²) in [4.78, 5) is 51.8. The summed E-state index contributed by atoms with van der Waals surface area (Å²) in [7, 11) is 3.08. The van der Waals surface area contributed by atoms with Gasteiger partial charge in [0.05, 0.1) is 24.6 Å². The minimum absolute atomic E-state index is 0.0744. The van der Waals surface area contributed by atoms with Crippen molar-refractivity contribution in [2.75, 3.05) is 42.4 Å². The van der Waals surface area contributed by atoms with Crippen molar-refractivity contribution in [3.63, 3.8) is 0 Å². The molecule has 3 amide bonds. The van der Waals surface area contributed by atoms with Crippen LogP contribution in [0.25, 0.3) is 0 Å². The smallest absolute Gasteiger partial charge is 0.281 e. The van der Waals surface area contributed by atoms with Gasteiger partial charge in [-0.05, 0) is 38.2 Å². The maximum Gasteiger partial charge on any atom is 0.281 e. The summed E-state index contributed by atoms with van der Waals surface area (Å²) in [5.41, 5.74) is 0.611. The van der Waals surface area contributed by atoms with Crippen molar-refractivity contribution in [1.29, 1.82) is 0 Å². The van der Waals surface area contributed by atoms with Gasteiger partial charge in [-0.2, -0.15) is 4.98 Å². The lowest BCUT2D eigenvalue weighted by atomic mass is 9.97. The highest BCUT2D eigenvalue weighted by atomic mass is 19.1. The molecule has 11 nitrogen and oxygen atoms in total. The summed E-state index contributed by atoms with van der Waals surface area (Å²) < 4.78 is 33.9. The number of nitrogens with one attached hydrogen (secondary N) is 2. The normalized spacial score (nSPS) is 19.1. The number of benzene rings is 1. The molecule has 0 radical (unpaired) electrons. The second-order valence-electron chi connectivity index (χ2n) is 10.5. The molecule has 2 fully saturated rings. The molecule has 218 valence electrons. The van der Waals surface area contributed by atoms with Crippen LogP contribution in [0.3, 0.4) is 0 Å². The standard InChI is InChI=1S/C28H33F2N7O4/c1-5-21-27(40)35(3)22-14-31-28(34-24(22)37(21)17-8-10-36(11-9-17)26(39)15(2)29)33-20-13-19(30)18(12-23(20)41-4)25(38)32-16-6-7-16/h12-14,16-17,21H,2,5-11H2,1,3-4H3,(H,32,38)(H,31,33,34)/t21-/m1/s1. The molecule has 41 heavy (non-hydrogen) atoms. The number of aromatic nitrogens is 2. The van der Waals surface area contributed by atoms with Gasteiger partial charge < -0.3 is 30.1 Å². The zero-order valence-corrected chi connectivity index (χ0v) is 23.2. The molecule has 1 saturated carbocycles. The van der Waals surface area contributed by atoms with E-state index in [-0.39, 0.29) is 40.9 Å². The number of methoxy groups -OCH3 is 1. The van der Waals surface area contributed by atoms with Gasteiger partial charge in [0.2, 0.25) is 11.9 Å². The number of ether oxygens (including phenoxy) is 1. The summed E-state index contributed by atoms with van der Waals surface area (Å²) in [5, 5.41) is 5.77. The first-order valence-electron chi connectivity index (χ1n) is 13.6. The van der Waals surface area contributed by atoms with Crippen molar-refractivity contribution in [3.05, 3.63) is 42.1 Å². The second-order valence-corrected chi connectivity index (χ2v) is 10.5. The van der Waals surface area contributed by atoms with E-state index in [4.69, 9.17) is 9.72 Å². The average molecular weight is 570 g/mol. The third-order valence-corrected chi connectivity index (χ3v) is 7.76. The molecule has 2 aliphatic heterocycles. The van der Waals surface area contributed by atoms with Gasteiger partial charge in [-0.25, -0.2) is 13.8 Å². The minimum atomic E-state index is -0.998. The van der Waals surface area contributed by atoms with Crippen LogP contribution in [0.5, 0.6) is 5.75 Å². The Morgan fingerprint density at radius 2 is 1.90 bits per heavy atom. The van der Waals surface area contributed by atoms with Crippen molar-refractivity contribution in [2.24, 2.45) is 0 Å². The quantitative estimate of drug-likeness (QED) is 0.465. The van der Waals surface area contributed by atoms with Gasteiger partial charge in [0, 0.05) is 38.3 Å². The fourth-order valence-corrected chi connectivity index (χ4v) is 5.38. The van der Waals surface area contributed by atoms with E-state index >= 15 is 0 Å². The average Bonchev–Trinajstić information content (AvgIpc) is 3.78. The van der Waals surface area contributed by atoms with Crippen LogP contribution in [0, 0.1) is 5.82 Å². The molecule has 1 atom stereocenters. The Morgan fingerprint density at radius 3 is 2.51 bits per heavy atom. The van der Waals surface area contributed by atoms with Gasteiger partial charge >= 0.3 is 0 Å². The molecule has 3 heterocycles. The van der Waals surface area contributed by atoms with Crippen LogP contribution in [0.1, 0.15) is 49.4 Å². The molecule has 1 aliphatic carbocycles. The Hall–Kier alpha value is -4.29. The maximum atomic E-state index is 15.0. The first-order chi connectivity index (χ1) is 19.6. The van der Waals surface area contributed by atoms with E-state index in [0.717, 1.165) is 18.9 Å². The molecule has 1 aromatic heterocycles. The molecule has 5 rings (SSSR count). The molecule has 13 heteroatoms. The number of halogens is 2. The summed E-state index contributed by atoms with van der Waals surface area (Å²) in [6, 6.07) is 1.92. The number of fused-ring (bicyclic) bond motifs is 1. The van der Waals surface area contributed by atoms with E-state index in [9.17, 15) is 23.2 Å². The third kappa shape index (κ3) is 5.52. The summed E-state index contributed by atoms with van der Waals surface area (Å²) in [5.74, 6) is -2.17. The number of anilines is 4. The monoisotopic (exact) mass is 569 g/mol. The van der Waals surface area contributed by atoms with Crippen LogP contribution in [-0.4, -0.2) is 78.0 Å². The molecule has 2 N–H and O–H groups in total. The van der Waals surface area contributed by atoms with E-state index in [0.29, 0.717) is 43.9 Å². The highest BCUT2D eigenvalue weighted by molar-refractivity contribution is 6.04. The highest BCUT2D eigenvalue weighted by Gasteiger charge is 2.42. The van der Waals surface area contributed by atoms with Crippen molar-refractivity contribution in [1.82, 2.24) is 20.2 Å². The van der Waals surface area contributed by atoms with Gasteiger partial charge in [-0.15, -0.1) is 0 Å². The van der Waals surface area contributed by atoms with E-state index in [1.165, 1.54) is 29.2 Å². The zero-order valence-electron chi connectivity index (χ0n) is 23.2. The van der Waals surface area contributed by atoms with Crippen LogP contribution in [0.15, 0.2) is 30.7 Å². The fraction of sp³-hybridized carbons (Fsp3) is 0.464. The van der Waals surface area contributed by atoms with Crippen LogP contribution < -0.4 is 25.2 Å². The Balaban J connectivity index is 1.44. The number of piperidine rings is 1. The number of hydrogen-bond acceptors (Lipinski definition) is 8. The molecule has 0 spiro atoms. The Kier molecular flexibility index (Phi) is 7.78. The molecule has 0 unspecified atom stereocenters. The number of nitrogens with zero attached hydrogens (tertiary/aromatic N) is 5. The lowest BCUT2D eigenvalue weighted by molar-refractivity contribution is -0.129. The van der Waals surface area contributed by atoms with Crippen LogP contribution in [0.4, 0.5) is 31.9 Å². The lowest BCUT2D eigenvalue weighted by Crippen LogP contribution is -2.58. The molecular formula is C28H33F2N7O4. The Bertz CT molecular complexity index is 1390. The van der Waals surface area contributed by atoms with E-state index in [1.807, 2.05) is 11.8 Å². The number of likely N-dealkylation sites (N-methyl/N-ethyl adjacent to an activating group) is 1. The van der Waals surface area contributed by atoms with Gasteiger partial charge in [-0.3, -0.25) is 14.4 Å². The van der Waals surface area contributed by atoms with Gasteiger partial charge in [0.1, 0.15) is 23.3 Å². The Labute approximate surface area is 236 Å². The van der Waals surface area contributed by atoms with Gasteiger partial charge in [-0.1, -0.05) is 13.5 Å². The van der Waals surface area contributed by atoms with Crippen LogP contribution >= 0.6 is 0 Å². The molecule has 0 bridgehead atoms. The van der Waals surface area contributed by atoms with E-state index in [1.54, 1.807) is 7.05 Å². The largest absolute Gasteiger partial charge is 0.495 e. The van der Waals surface area contributed by atoms with Crippen molar-refractivity contribution < 1.29 is 27.9 Å². The zero-order chi connectivity index (χ0) is 29.4. The van der Waals surface area contributed by atoms with Crippen LogP contribution in [0.2, 0.25) is 0 Å². The predicted molar refractivity (Wildman–Crippen MR) is 149 cm³/mol. The Morgan fingerprint density at radius 1 is 1.20 bits per heavy atom. The van der Waals surface area contributed by atoms with Gasteiger partial charge in [0.25, 0.3) is 11.8 Å². The highest BCUT2D eigenvalue weighted by Crippen LogP contribution is 2.39. The summed E-state index contributed by atoms with van der Waals surface area (Å²) >= 11 is 0. The lowest BCUT2D eigenvalue weighted by Gasteiger charge is -2.46. The number of rotatable bonds is 8. The maximum absolute atomic E-state index is 15.0. The fourth-order valence-electron chi connectivity index (χ4n) is 5.38. The van der Waals surface area contributed by atoms with Crippen molar-refractivity contribution in [3.8, 4) is 5.75 Å². The minimum Gasteiger partial charge on any atom is -0.495 e. The number of carbonyl (C=O) groups is 3. The number of amides is 3. The molecular weight excluding hydrogens is 536 g/mol. The molecule has 2 aromatic rings. The first-order valence-corrected chi connectivity index (χ1v) is 13.6. The molecule has 1 aromatic carbocycles. The van der Waals surface area contributed by atoms with Crippen molar-refractivity contribution in [2.45, 2.75) is 57.2 Å². The van der Waals surface area contributed by atoms with Crippen LogP contribution in [-0.2, 0) is 9.59 Å². The number of carbonyl (C=O) groups excluding carboxylic acids is 3. The molecule has 1 saturated heterocycles. The first kappa shape index (κ1) is 28.2. The molecule has 3 aliphatic rings. The summed E-state index contributed by atoms with van der Waals surface area (Å²) in [6.07, 6.45) is 4.79. The second kappa shape index (κ2) is 11.3. The van der Waals surface area contributed by atoms with E-state index in [2.05, 4.69) is 22.2 Å². The number of likely N-dealkylation sites (tertiary alicyclic amines) is 1. The van der Waals surface area contributed by atoms with Gasteiger partial charge in [0.15, 0.2) is 11.6 Å². The van der Waals surface area contributed by atoms with Crippen molar-refractivity contribution >= 4 is 40.9 Å². The topological polar surface area (TPSA) is 120 Å². The third-order valence-electron chi connectivity index (χ3n) is 7.76. The summed E-state index contributed by atoms with van der Waals surface area (Å²) in [6.45, 7) is 5.64. The SMILES string of the molecule is C=C(F)C(=O)N1CCC(N2c3nc(Nc4cc(F)c(C(=O)NC5CC5)cc4OC)ncc3N(C)C(=O)[C@H]2CC)CC1. The number of hydrogen-bond donors (Lipinski definition) is 2.